The largest absolute Gasteiger partial charge is 0.480 e. The fourth-order valence-corrected chi connectivity index (χ4v) is 2.13. The van der Waals surface area contributed by atoms with E-state index in [1.807, 2.05) is 6.92 Å². The molecule has 1 aromatic carbocycles. The Morgan fingerprint density at radius 3 is 2.43 bits per heavy atom. The number of carboxylic acids is 1. The first kappa shape index (κ1) is 18.3. The molecule has 0 aliphatic carbocycles. The summed E-state index contributed by atoms with van der Waals surface area (Å²) in [6.45, 7) is 2.03. The lowest BCUT2D eigenvalue weighted by atomic mass is 10.1. The van der Waals surface area contributed by atoms with Gasteiger partial charge in [0.25, 0.3) is 11.4 Å². The molecule has 126 valence electrons. The molecular weight excluding hydrogens is 306 g/mol. The quantitative estimate of drug-likeness (QED) is 0.382. The van der Waals surface area contributed by atoms with Crippen LogP contribution >= 0.6 is 0 Å². The Balaban J connectivity index is 2.92. The maximum absolute atomic E-state index is 11.3. The molecule has 0 aliphatic heterocycles. The molecule has 0 heterocycles. The summed E-state index contributed by atoms with van der Waals surface area (Å²) < 4.78 is 0. The molecule has 0 bridgehead atoms. The molecule has 2 N–H and O–H groups in total. The molecule has 1 rings (SSSR count). The number of unbranched alkanes of at least 4 members (excludes halogenated alkanes) is 3. The van der Waals surface area contributed by atoms with Gasteiger partial charge in [0.15, 0.2) is 0 Å². The van der Waals surface area contributed by atoms with Gasteiger partial charge in [0.2, 0.25) is 0 Å². The number of anilines is 1. The van der Waals surface area contributed by atoms with Gasteiger partial charge in [-0.3, -0.25) is 20.2 Å². The zero-order valence-electron chi connectivity index (χ0n) is 12.7. The Kier molecular flexibility index (Phi) is 6.91. The van der Waals surface area contributed by atoms with Crippen LogP contribution in [0, 0.1) is 20.2 Å². The fraction of sp³-hybridized carbons (Fsp3) is 0.500. The topological polar surface area (TPSA) is 136 Å². The van der Waals surface area contributed by atoms with E-state index in [1.54, 1.807) is 0 Å². The fourth-order valence-electron chi connectivity index (χ4n) is 2.13. The number of nitrogens with one attached hydrogen (secondary N) is 1. The molecule has 0 spiro atoms. The van der Waals surface area contributed by atoms with E-state index in [2.05, 4.69) is 5.32 Å². The number of benzene rings is 1. The molecule has 0 fully saturated rings. The number of nitro groups is 2. The Hall–Kier alpha value is -2.71. The first-order valence-corrected chi connectivity index (χ1v) is 7.29. The Labute approximate surface area is 132 Å². The summed E-state index contributed by atoms with van der Waals surface area (Å²) in [7, 11) is 0. The number of hydrogen-bond donors (Lipinski definition) is 2. The summed E-state index contributed by atoms with van der Waals surface area (Å²) in [4.78, 5) is 31.5. The van der Waals surface area contributed by atoms with Gasteiger partial charge in [-0.2, -0.15) is 0 Å². The van der Waals surface area contributed by atoms with Gasteiger partial charge in [0.1, 0.15) is 11.7 Å². The van der Waals surface area contributed by atoms with Crippen LogP contribution in [-0.2, 0) is 4.79 Å². The van der Waals surface area contributed by atoms with E-state index in [0.717, 1.165) is 37.5 Å². The van der Waals surface area contributed by atoms with Crippen molar-refractivity contribution in [3.63, 3.8) is 0 Å². The molecule has 1 aromatic rings. The minimum Gasteiger partial charge on any atom is -0.480 e. The van der Waals surface area contributed by atoms with Crippen molar-refractivity contribution in [3.8, 4) is 0 Å². The first-order chi connectivity index (χ1) is 10.9. The predicted molar refractivity (Wildman–Crippen MR) is 83.6 cm³/mol. The molecule has 23 heavy (non-hydrogen) atoms. The highest BCUT2D eigenvalue weighted by Gasteiger charge is 2.24. The number of non-ortho nitro benzene ring substituents is 1. The van der Waals surface area contributed by atoms with Crippen LogP contribution in [0.4, 0.5) is 17.1 Å². The maximum Gasteiger partial charge on any atom is 0.326 e. The van der Waals surface area contributed by atoms with Crippen molar-refractivity contribution in [2.75, 3.05) is 5.32 Å². The molecule has 0 radical (unpaired) electrons. The van der Waals surface area contributed by atoms with Crippen LogP contribution in [0.5, 0.6) is 0 Å². The maximum atomic E-state index is 11.3. The van der Waals surface area contributed by atoms with Crippen molar-refractivity contribution in [3.05, 3.63) is 38.4 Å². The average Bonchev–Trinajstić information content (AvgIpc) is 2.49. The summed E-state index contributed by atoms with van der Waals surface area (Å²) in [5.41, 5.74) is -0.973. The number of hydrogen-bond acceptors (Lipinski definition) is 6. The van der Waals surface area contributed by atoms with E-state index in [-0.39, 0.29) is 5.69 Å². The van der Waals surface area contributed by atoms with Crippen LogP contribution in [0.3, 0.4) is 0 Å². The molecule has 0 unspecified atom stereocenters. The van der Waals surface area contributed by atoms with Gasteiger partial charge in [0.05, 0.1) is 15.9 Å². The summed E-state index contributed by atoms with van der Waals surface area (Å²) >= 11 is 0. The van der Waals surface area contributed by atoms with E-state index in [9.17, 15) is 30.1 Å². The van der Waals surface area contributed by atoms with E-state index in [1.165, 1.54) is 0 Å². The Morgan fingerprint density at radius 2 is 1.91 bits per heavy atom. The van der Waals surface area contributed by atoms with E-state index >= 15 is 0 Å². The van der Waals surface area contributed by atoms with Gasteiger partial charge >= 0.3 is 5.97 Å². The first-order valence-electron chi connectivity index (χ1n) is 7.29. The van der Waals surface area contributed by atoms with Crippen LogP contribution in [-0.4, -0.2) is 27.0 Å². The van der Waals surface area contributed by atoms with Crippen LogP contribution in [0.2, 0.25) is 0 Å². The monoisotopic (exact) mass is 325 g/mol. The summed E-state index contributed by atoms with van der Waals surface area (Å²) in [6, 6.07) is 2.11. The lowest BCUT2D eigenvalue weighted by molar-refractivity contribution is -0.393. The number of nitro benzene ring substituents is 2. The van der Waals surface area contributed by atoms with Crippen molar-refractivity contribution in [2.24, 2.45) is 0 Å². The average molecular weight is 325 g/mol. The zero-order chi connectivity index (χ0) is 17.4. The number of nitrogens with zero attached hydrogens (tertiary/aromatic N) is 2. The van der Waals surface area contributed by atoms with E-state index < -0.39 is 33.2 Å². The standard InChI is InChI=1S/C14H19N3O6/c1-2-3-4-5-6-12(14(18)19)15-11-8-7-10(16(20)21)9-13(11)17(22)23/h7-9,12,15H,2-6H2,1H3,(H,18,19)/t12-/m1/s1. The second kappa shape index (κ2) is 8.66. The highest BCUT2D eigenvalue weighted by Crippen LogP contribution is 2.30. The second-order valence-corrected chi connectivity index (χ2v) is 5.10. The van der Waals surface area contributed by atoms with Gasteiger partial charge < -0.3 is 10.4 Å². The van der Waals surface area contributed by atoms with Crippen molar-refractivity contribution in [1.82, 2.24) is 0 Å². The van der Waals surface area contributed by atoms with Gasteiger partial charge in [0, 0.05) is 6.07 Å². The van der Waals surface area contributed by atoms with Gasteiger partial charge in [-0.15, -0.1) is 0 Å². The van der Waals surface area contributed by atoms with Crippen LogP contribution in [0.15, 0.2) is 18.2 Å². The number of rotatable bonds is 10. The molecule has 0 aromatic heterocycles. The summed E-state index contributed by atoms with van der Waals surface area (Å²) in [6.07, 6.45) is 3.88. The number of aliphatic carboxylic acids is 1. The van der Waals surface area contributed by atoms with Crippen LogP contribution in [0.25, 0.3) is 0 Å². The molecule has 9 heteroatoms. The highest BCUT2D eigenvalue weighted by molar-refractivity contribution is 5.79. The van der Waals surface area contributed by atoms with Gasteiger partial charge in [-0.1, -0.05) is 32.6 Å². The molecule has 0 aliphatic rings. The third-order valence-electron chi connectivity index (χ3n) is 3.36. The lowest BCUT2D eigenvalue weighted by Crippen LogP contribution is -2.29. The molecular formula is C14H19N3O6. The summed E-state index contributed by atoms with van der Waals surface area (Å²) in [5.74, 6) is -1.12. The van der Waals surface area contributed by atoms with Crippen molar-refractivity contribution < 1.29 is 19.7 Å². The molecule has 9 nitrogen and oxygen atoms in total. The van der Waals surface area contributed by atoms with Gasteiger partial charge in [-0.25, -0.2) is 4.79 Å². The van der Waals surface area contributed by atoms with E-state index in [0.29, 0.717) is 12.8 Å². The number of carboxylic acid groups (broad SMARTS) is 1. The molecule has 0 saturated carbocycles. The SMILES string of the molecule is CCCCCC[C@@H](Nc1ccc([N+](=O)[O-])cc1[N+](=O)[O-])C(=O)O. The minimum absolute atomic E-state index is 0.0384. The van der Waals surface area contributed by atoms with Crippen molar-refractivity contribution in [1.29, 1.82) is 0 Å². The third-order valence-corrected chi connectivity index (χ3v) is 3.36. The molecule has 0 amide bonds. The lowest BCUT2D eigenvalue weighted by Gasteiger charge is -2.15. The Bertz CT molecular complexity index is 590. The summed E-state index contributed by atoms with van der Waals surface area (Å²) in [5, 5.41) is 33.6. The second-order valence-electron chi connectivity index (χ2n) is 5.10. The third kappa shape index (κ3) is 5.53. The van der Waals surface area contributed by atoms with Gasteiger partial charge in [-0.05, 0) is 12.5 Å². The molecule has 1 atom stereocenters. The number of carbonyl (C=O) groups is 1. The molecule has 0 saturated heterocycles. The predicted octanol–water partition coefficient (Wildman–Crippen LogP) is 3.34. The smallest absolute Gasteiger partial charge is 0.326 e. The normalized spacial score (nSPS) is 11.7. The Morgan fingerprint density at radius 1 is 1.22 bits per heavy atom. The highest BCUT2D eigenvalue weighted by atomic mass is 16.6. The van der Waals surface area contributed by atoms with E-state index in [4.69, 9.17) is 0 Å². The van der Waals surface area contributed by atoms with Crippen molar-refractivity contribution in [2.45, 2.75) is 45.1 Å². The van der Waals surface area contributed by atoms with Crippen LogP contribution in [0.1, 0.15) is 39.0 Å². The van der Waals surface area contributed by atoms with Crippen LogP contribution < -0.4 is 5.32 Å². The minimum atomic E-state index is -1.12. The van der Waals surface area contributed by atoms with Crippen molar-refractivity contribution >= 4 is 23.0 Å². The zero-order valence-corrected chi connectivity index (χ0v) is 12.7.